The number of carbonyl (C=O) groups excluding carboxylic acids is 1. The Labute approximate surface area is 162 Å². The van der Waals surface area contributed by atoms with Crippen LogP contribution in [0.25, 0.3) is 16.9 Å². The fraction of sp³-hybridized carbons (Fsp3) is 0.105. The molecule has 4 aromatic rings. The summed E-state index contributed by atoms with van der Waals surface area (Å²) in [5, 5.41) is 14.3. The van der Waals surface area contributed by atoms with Gasteiger partial charge in [0.05, 0.1) is 17.5 Å². The van der Waals surface area contributed by atoms with E-state index in [1.54, 1.807) is 19.1 Å². The molecule has 10 heteroatoms. The van der Waals surface area contributed by atoms with Gasteiger partial charge in [0.25, 0.3) is 5.91 Å². The molecule has 0 saturated carbocycles. The molecule has 0 aliphatic heterocycles. The van der Waals surface area contributed by atoms with E-state index < -0.39 is 17.6 Å². The molecule has 0 spiro atoms. The van der Waals surface area contributed by atoms with Crippen molar-refractivity contribution in [3.05, 3.63) is 71.7 Å². The van der Waals surface area contributed by atoms with Gasteiger partial charge in [-0.1, -0.05) is 18.2 Å². The predicted molar refractivity (Wildman–Crippen MR) is 98.1 cm³/mol. The molecule has 1 N–H and O–H groups in total. The molecule has 0 fully saturated rings. The zero-order valence-electron chi connectivity index (χ0n) is 15.0. The van der Waals surface area contributed by atoms with E-state index in [9.17, 15) is 18.0 Å². The first kappa shape index (κ1) is 18.5. The summed E-state index contributed by atoms with van der Waals surface area (Å²) in [6, 6.07) is 9.82. The number of aromatic nitrogens is 5. The highest BCUT2D eigenvalue weighted by atomic mass is 19.4. The lowest BCUT2D eigenvalue weighted by atomic mass is 10.0. The van der Waals surface area contributed by atoms with Gasteiger partial charge in [-0.3, -0.25) is 4.79 Å². The molecule has 3 heterocycles. The maximum atomic E-state index is 13.4. The van der Waals surface area contributed by atoms with Gasteiger partial charge in [0.2, 0.25) is 0 Å². The highest BCUT2D eigenvalue weighted by Gasteiger charge is 2.34. The van der Waals surface area contributed by atoms with Crippen molar-refractivity contribution in [2.45, 2.75) is 13.1 Å². The molecule has 0 aliphatic rings. The lowest BCUT2D eigenvalue weighted by molar-refractivity contribution is -0.137. The van der Waals surface area contributed by atoms with Gasteiger partial charge in [-0.25, -0.2) is 9.50 Å². The average molecular weight is 398 g/mol. The topological polar surface area (TPSA) is 85.1 Å². The van der Waals surface area contributed by atoms with Crippen LogP contribution in [0.15, 0.2) is 54.9 Å². The molecule has 0 atom stereocenters. The number of hydrogen-bond donors (Lipinski definition) is 1. The molecular weight excluding hydrogens is 385 g/mol. The fourth-order valence-corrected chi connectivity index (χ4v) is 2.91. The van der Waals surface area contributed by atoms with Crippen LogP contribution >= 0.6 is 0 Å². The lowest BCUT2D eigenvalue weighted by Gasteiger charge is -2.13. The summed E-state index contributed by atoms with van der Waals surface area (Å²) >= 11 is 0. The minimum Gasteiger partial charge on any atom is -0.304 e. The number of imidazole rings is 1. The summed E-state index contributed by atoms with van der Waals surface area (Å²) in [6.45, 7) is 1.69. The second-order valence-electron chi connectivity index (χ2n) is 6.20. The van der Waals surface area contributed by atoms with Crippen LogP contribution in [-0.2, 0) is 6.18 Å². The van der Waals surface area contributed by atoms with Crippen LogP contribution in [0, 0.1) is 6.92 Å². The Morgan fingerprint density at radius 1 is 1.14 bits per heavy atom. The Bertz CT molecular complexity index is 1200. The van der Waals surface area contributed by atoms with Crippen LogP contribution in [0.5, 0.6) is 0 Å². The first-order valence-corrected chi connectivity index (χ1v) is 8.45. The summed E-state index contributed by atoms with van der Waals surface area (Å²) < 4.78 is 41.5. The first-order chi connectivity index (χ1) is 13.8. The normalized spacial score (nSPS) is 11.6. The van der Waals surface area contributed by atoms with Crippen molar-refractivity contribution in [2.24, 2.45) is 0 Å². The van der Waals surface area contributed by atoms with Crippen molar-refractivity contribution in [2.75, 3.05) is 5.32 Å². The van der Waals surface area contributed by atoms with E-state index in [0.29, 0.717) is 11.2 Å². The number of alkyl halides is 3. The number of carbonyl (C=O) groups is 1. The van der Waals surface area contributed by atoms with E-state index >= 15 is 0 Å². The maximum absolute atomic E-state index is 13.4. The summed E-state index contributed by atoms with van der Waals surface area (Å²) in [5.74, 6) is -0.339. The number of amides is 1. The molecule has 1 aromatic carbocycles. The number of hydrogen-bond acceptors (Lipinski definition) is 5. The molecule has 4 rings (SSSR count). The quantitative estimate of drug-likeness (QED) is 0.568. The van der Waals surface area contributed by atoms with Crippen LogP contribution in [0.2, 0.25) is 0 Å². The van der Waals surface area contributed by atoms with E-state index in [4.69, 9.17) is 0 Å². The number of halogens is 3. The van der Waals surface area contributed by atoms with Crippen molar-refractivity contribution in [3.63, 3.8) is 0 Å². The van der Waals surface area contributed by atoms with Crippen molar-refractivity contribution in [1.29, 1.82) is 0 Å². The van der Waals surface area contributed by atoms with E-state index in [2.05, 4.69) is 25.6 Å². The molecule has 0 aliphatic carbocycles. The fourth-order valence-electron chi connectivity index (χ4n) is 2.91. The van der Waals surface area contributed by atoms with Crippen LogP contribution in [0.4, 0.5) is 19.0 Å². The third kappa shape index (κ3) is 3.51. The van der Waals surface area contributed by atoms with Gasteiger partial charge in [-0.2, -0.15) is 23.4 Å². The molecule has 0 saturated heterocycles. The highest BCUT2D eigenvalue weighted by Crippen LogP contribution is 2.36. The van der Waals surface area contributed by atoms with E-state index in [0.717, 1.165) is 6.07 Å². The Morgan fingerprint density at radius 2 is 1.93 bits per heavy atom. The van der Waals surface area contributed by atoms with Gasteiger partial charge in [0.1, 0.15) is 0 Å². The number of benzene rings is 1. The summed E-state index contributed by atoms with van der Waals surface area (Å²) in [7, 11) is 0. The molecule has 0 unspecified atom stereocenters. The van der Waals surface area contributed by atoms with Crippen LogP contribution in [0.3, 0.4) is 0 Å². The molecule has 7 nitrogen and oxygen atoms in total. The summed E-state index contributed by atoms with van der Waals surface area (Å²) in [6.07, 6.45) is -1.78. The number of anilines is 1. The Balaban J connectivity index is 1.82. The maximum Gasteiger partial charge on any atom is 0.417 e. The van der Waals surface area contributed by atoms with Crippen LogP contribution in [-0.4, -0.2) is 30.7 Å². The van der Waals surface area contributed by atoms with Crippen LogP contribution < -0.4 is 5.32 Å². The molecular formula is C19H13F3N6O. The molecule has 146 valence electrons. The largest absolute Gasteiger partial charge is 0.417 e. The SMILES string of the molecule is Cc1cc(-c2ccccc2C(F)(F)F)nn2c(C(=O)Nc3cccnn3)cnc12. The van der Waals surface area contributed by atoms with Gasteiger partial charge >= 0.3 is 6.18 Å². The monoisotopic (exact) mass is 398 g/mol. The Hall–Kier alpha value is -3.82. The lowest BCUT2D eigenvalue weighted by Crippen LogP contribution is -2.17. The molecule has 29 heavy (non-hydrogen) atoms. The van der Waals surface area contributed by atoms with Gasteiger partial charge in [-0.15, -0.1) is 5.10 Å². The minimum absolute atomic E-state index is 0.0556. The second-order valence-corrected chi connectivity index (χ2v) is 6.20. The number of nitrogens with one attached hydrogen (secondary N) is 1. The van der Waals surface area contributed by atoms with E-state index in [1.165, 1.54) is 41.2 Å². The molecule has 3 aromatic heterocycles. The zero-order valence-corrected chi connectivity index (χ0v) is 15.0. The molecule has 0 bridgehead atoms. The third-order valence-corrected chi connectivity index (χ3v) is 4.21. The average Bonchev–Trinajstić information content (AvgIpc) is 3.13. The predicted octanol–water partition coefficient (Wildman–Crippen LogP) is 3.77. The van der Waals surface area contributed by atoms with E-state index in [-0.39, 0.29) is 22.8 Å². The van der Waals surface area contributed by atoms with Crippen molar-refractivity contribution in [3.8, 4) is 11.3 Å². The first-order valence-electron chi connectivity index (χ1n) is 8.45. The molecule has 1 amide bonds. The number of aryl methyl sites for hydroxylation is 1. The van der Waals surface area contributed by atoms with Gasteiger partial charge in [0, 0.05) is 11.8 Å². The zero-order chi connectivity index (χ0) is 20.6. The second kappa shape index (κ2) is 6.97. The minimum atomic E-state index is -4.54. The van der Waals surface area contributed by atoms with E-state index in [1.807, 2.05) is 0 Å². The Kier molecular flexibility index (Phi) is 4.45. The van der Waals surface area contributed by atoms with Crippen LogP contribution in [0.1, 0.15) is 21.6 Å². The standard InChI is InChI=1S/C19H13F3N6O/c1-11-9-14(12-5-2-3-6-13(12)19(20,21)22)27-28-15(10-23-17(11)28)18(29)25-16-7-4-8-24-26-16/h2-10H,1H3,(H,25,26,29). The number of fused-ring (bicyclic) bond motifs is 1. The van der Waals surface area contributed by atoms with Gasteiger partial charge in [-0.05, 0) is 36.8 Å². The van der Waals surface area contributed by atoms with Gasteiger partial charge in [0.15, 0.2) is 17.2 Å². The number of rotatable bonds is 3. The highest BCUT2D eigenvalue weighted by molar-refractivity contribution is 6.02. The van der Waals surface area contributed by atoms with Crippen molar-refractivity contribution < 1.29 is 18.0 Å². The smallest absolute Gasteiger partial charge is 0.304 e. The number of nitrogens with zero attached hydrogens (tertiary/aromatic N) is 5. The Morgan fingerprint density at radius 3 is 2.66 bits per heavy atom. The summed E-state index contributed by atoms with van der Waals surface area (Å²) in [4.78, 5) is 16.8. The van der Waals surface area contributed by atoms with Gasteiger partial charge < -0.3 is 5.32 Å². The third-order valence-electron chi connectivity index (χ3n) is 4.21. The summed E-state index contributed by atoms with van der Waals surface area (Å²) in [5.41, 5.74) is 0.179. The molecule has 0 radical (unpaired) electrons. The van der Waals surface area contributed by atoms with Crippen molar-refractivity contribution >= 4 is 17.4 Å². The van der Waals surface area contributed by atoms with Crippen molar-refractivity contribution in [1.82, 2.24) is 24.8 Å².